The average molecular weight is 372 g/mol. The third kappa shape index (κ3) is 2.63. The molecule has 7 nitrogen and oxygen atoms in total. The number of nitrogens with zero attached hydrogens (tertiary/aromatic N) is 2. The molecule has 2 aliphatic rings. The van der Waals surface area contributed by atoms with Crippen LogP contribution in [0.4, 0.5) is 5.69 Å². The Bertz CT molecular complexity index is 945. The predicted octanol–water partition coefficient (Wildman–Crippen LogP) is 0.0549. The van der Waals surface area contributed by atoms with Crippen molar-refractivity contribution in [3.63, 3.8) is 0 Å². The summed E-state index contributed by atoms with van der Waals surface area (Å²) in [4.78, 5) is 26.3. The van der Waals surface area contributed by atoms with E-state index in [0.29, 0.717) is 29.9 Å². The molecule has 2 aliphatic heterocycles. The normalized spacial score (nSPS) is 18.2. The van der Waals surface area contributed by atoms with Crippen LogP contribution < -0.4 is 10.2 Å². The van der Waals surface area contributed by atoms with Gasteiger partial charge in [0, 0.05) is 0 Å². The van der Waals surface area contributed by atoms with Gasteiger partial charge in [-0.1, -0.05) is 12.1 Å². The zero-order valence-corrected chi connectivity index (χ0v) is 14.8. The molecule has 8 heteroatoms. The molecule has 0 bridgehead atoms. The fraction of sp³-hybridized carbons (Fsp3) is 0.222. The molecule has 0 radical (unpaired) electrons. The van der Waals surface area contributed by atoms with Crippen molar-refractivity contribution in [2.75, 3.05) is 31.1 Å². The van der Waals surface area contributed by atoms with E-state index in [9.17, 15) is 18.0 Å². The average Bonchev–Trinajstić information content (AvgIpc) is 2.94. The SMILES string of the molecule is O=C1c2ccccc2C(=O)N1c1ccc(S(=O)(=O)N2CC[NH2+]CC2)cc1. The molecule has 2 heterocycles. The van der Waals surface area contributed by atoms with Crippen LogP contribution in [0.1, 0.15) is 20.7 Å². The maximum Gasteiger partial charge on any atom is 0.266 e. The summed E-state index contributed by atoms with van der Waals surface area (Å²) < 4.78 is 26.8. The third-order valence-electron chi connectivity index (χ3n) is 4.69. The van der Waals surface area contributed by atoms with Gasteiger partial charge in [0.25, 0.3) is 11.8 Å². The van der Waals surface area contributed by atoms with Crippen LogP contribution in [-0.2, 0) is 10.0 Å². The van der Waals surface area contributed by atoms with E-state index in [4.69, 9.17) is 0 Å². The van der Waals surface area contributed by atoms with Gasteiger partial charge in [-0.3, -0.25) is 9.59 Å². The van der Waals surface area contributed by atoms with Gasteiger partial charge in [0.2, 0.25) is 10.0 Å². The maximum atomic E-state index is 12.7. The zero-order chi connectivity index (χ0) is 18.3. The summed E-state index contributed by atoms with van der Waals surface area (Å²) in [6.45, 7) is 2.43. The molecule has 2 aromatic carbocycles. The number of nitrogens with two attached hydrogens (primary N) is 1. The van der Waals surface area contributed by atoms with Crippen LogP contribution in [0.2, 0.25) is 0 Å². The second-order valence-corrected chi connectivity index (χ2v) is 8.19. The molecular weight excluding hydrogens is 354 g/mol. The Hall–Kier alpha value is -2.55. The fourth-order valence-corrected chi connectivity index (χ4v) is 4.78. The molecule has 26 heavy (non-hydrogen) atoms. The number of benzene rings is 2. The quantitative estimate of drug-likeness (QED) is 0.771. The molecule has 2 aromatic rings. The Morgan fingerprint density at radius 2 is 1.35 bits per heavy atom. The summed E-state index contributed by atoms with van der Waals surface area (Å²) >= 11 is 0. The first-order valence-corrected chi connectivity index (χ1v) is 9.84. The van der Waals surface area contributed by atoms with E-state index >= 15 is 0 Å². The number of rotatable bonds is 3. The summed E-state index contributed by atoms with van der Waals surface area (Å²) in [6, 6.07) is 12.6. The maximum absolute atomic E-state index is 12.7. The lowest BCUT2D eigenvalue weighted by Gasteiger charge is -2.24. The third-order valence-corrected chi connectivity index (χ3v) is 6.60. The van der Waals surface area contributed by atoms with Crippen LogP contribution in [0, 0.1) is 0 Å². The summed E-state index contributed by atoms with van der Waals surface area (Å²) in [7, 11) is -3.56. The standard InChI is InChI=1S/C18H17N3O4S/c22-17-15-3-1-2-4-16(15)18(23)21(17)13-5-7-14(8-6-13)26(24,25)20-11-9-19-10-12-20/h1-8,19H,9-12H2/p+1. The van der Waals surface area contributed by atoms with E-state index in [0.717, 1.165) is 18.0 Å². The van der Waals surface area contributed by atoms with Crippen molar-refractivity contribution >= 4 is 27.5 Å². The topological polar surface area (TPSA) is 91.4 Å². The molecule has 1 saturated heterocycles. The van der Waals surface area contributed by atoms with Gasteiger partial charge in [0.1, 0.15) is 0 Å². The van der Waals surface area contributed by atoms with Crippen molar-refractivity contribution in [1.29, 1.82) is 0 Å². The highest BCUT2D eigenvalue weighted by atomic mass is 32.2. The Labute approximate surface area is 151 Å². The van der Waals surface area contributed by atoms with Crippen LogP contribution in [-0.4, -0.2) is 50.7 Å². The number of piperazine rings is 1. The molecule has 134 valence electrons. The van der Waals surface area contributed by atoms with Crippen molar-refractivity contribution in [1.82, 2.24) is 4.31 Å². The van der Waals surface area contributed by atoms with E-state index in [1.54, 1.807) is 24.3 Å². The number of quaternary nitrogens is 1. The first-order valence-electron chi connectivity index (χ1n) is 8.40. The van der Waals surface area contributed by atoms with Crippen molar-refractivity contribution in [3.8, 4) is 0 Å². The van der Waals surface area contributed by atoms with E-state index < -0.39 is 21.8 Å². The smallest absolute Gasteiger partial charge is 0.266 e. The van der Waals surface area contributed by atoms with Crippen LogP contribution in [0.15, 0.2) is 53.4 Å². The monoisotopic (exact) mass is 372 g/mol. The molecule has 0 saturated carbocycles. The minimum Gasteiger partial charge on any atom is -0.344 e. The van der Waals surface area contributed by atoms with E-state index in [2.05, 4.69) is 5.32 Å². The Kier molecular flexibility index (Phi) is 4.10. The molecule has 1 fully saturated rings. The highest BCUT2D eigenvalue weighted by Crippen LogP contribution is 2.29. The Balaban J connectivity index is 1.63. The Morgan fingerprint density at radius 1 is 0.808 bits per heavy atom. The zero-order valence-electron chi connectivity index (χ0n) is 14.0. The summed E-state index contributed by atoms with van der Waals surface area (Å²) in [6.07, 6.45) is 0. The molecule has 0 aliphatic carbocycles. The number of imide groups is 1. The van der Waals surface area contributed by atoms with Crippen molar-refractivity contribution in [3.05, 3.63) is 59.7 Å². The molecule has 0 aromatic heterocycles. The number of sulfonamides is 1. The number of amides is 2. The van der Waals surface area contributed by atoms with E-state index in [-0.39, 0.29) is 4.90 Å². The van der Waals surface area contributed by atoms with E-state index in [1.165, 1.54) is 28.6 Å². The van der Waals surface area contributed by atoms with Gasteiger partial charge in [-0.2, -0.15) is 4.31 Å². The minimum absolute atomic E-state index is 0.166. The lowest BCUT2D eigenvalue weighted by molar-refractivity contribution is -0.661. The number of carbonyl (C=O) groups is 2. The largest absolute Gasteiger partial charge is 0.344 e. The molecular formula is C18H18N3O4S+. The molecule has 2 N–H and O–H groups in total. The van der Waals surface area contributed by atoms with Crippen LogP contribution >= 0.6 is 0 Å². The second-order valence-electron chi connectivity index (χ2n) is 6.26. The number of hydrogen-bond acceptors (Lipinski definition) is 4. The summed E-state index contributed by atoms with van der Waals surface area (Å²) in [5, 5.41) is 2.08. The fourth-order valence-electron chi connectivity index (χ4n) is 3.31. The summed E-state index contributed by atoms with van der Waals surface area (Å²) in [5.74, 6) is -0.791. The van der Waals surface area contributed by atoms with E-state index in [1.807, 2.05) is 0 Å². The van der Waals surface area contributed by atoms with Crippen LogP contribution in [0.5, 0.6) is 0 Å². The molecule has 0 atom stereocenters. The number of hydrogen-bond donors (Lipinski definition) is 1. The minimum atomic E-state index is -3.56. The molecule has 4 rings (SSSR count). The van der Waals surface area contributed by atoms with Gasteiger partial charge >= 0.3 is 0 Å². The first kappa shape index (κ1) is 16.9. The molecule has 0 unspecified atom stereocenters. The lowest BCUT2D eigenvalue weighted by Crippen LogP contribution is -2.89. The van der Waals surface area contributed by atoms with Crippen LogP contribution in [0.3, 0.4) is 0 Å². The summed E-state index contributed by atoms with van der Waals surface area (Å²) in [5.41, 5.74) is 1.08. The number of carbonyl (C=O) groups excluding carboxylic acids is 2. The van der Waals surface area contributed by atoms with Gasteiger partial charge in [-0.15, -0.1) is 0 Å². The highest BCUT2D eigenvalue weighted by Gasteiger charge is 2.36. The van der Waals surface area contributed by atoms with Gasteiger partial charge in [-0.05, 0) is 36.4 Å². The van der Waals surface area contributed by atoms with Gasteiger partial charge in [0.05, 0.1) is 47.9 Å². The highest BCUT2D eigenvalue weighted by molar-refractivity contribution is 7.89. The number of fused-ring (bicyclic) bond motifs is 1. The lowest BCUT2D eigenvalue weighted by atomic mass is 10.1. The number of anilines is 1. The Morgan fingerprint density at radius 3 is 1.88 bits per heavy atom. The first-order chi connectivity index (χ1) is 12.5. The van der Waals surface area contributed by atoms with Crippen molar-refractivity contribution in [2.24, 2.45) is 0 Å². The second kappa shape index (κ2) is 6.31. The van der Waals surface area contributed by atoms with Gasteiger partial charge in [-0.25, -0.2) is 13.3 Å². The van der Waals surface area contributed by atoms with Crippen molar-refractivity contribution in [2.45, 2.75) is 4.90 Å². The van der Waals surface area contributed by atoms with Gasteiger partial charge < -0.3 is 5.32 Å². The molecule has 2 amide bonds. The van der Waals surface area contributed by atoms with Crippen molar-refractivity contribution < 1.29 is 23.3 Å². The van der Waals surface area contributed by atoms with Gasteiger partial charge in [0.15, 0.2) is 0 Å². The van der Waals surface area contributed by atoms with Crippen LogP contribution in [0.25, 0.3) is 0 Å². The predicted molar refractivity (Wildman–Crippen MR) is 94.4 cm³/mol. The molecule has 0 spiro atoms.